The van der Waals surface area contributed by atoms with Gasteiger partial charge in [0.1, 0.15) is 17.5 Å². The second kappa shape index (κ2) is 8.96. The van der Waals surface area contributed by atoms with Gasteiger partial charge in [-0.2, -0.15) is 0 Å². The van der Waals surface area contributed by atoms with E-state index in [1.165, 1.54) is 12.3 Å². The summed E-state index contributed by atoms with van der Waals surface area (Å²) in [5.41, 5.74) is 7.76. The van der Waals surface area contributed by atoms with Crippen LogP contribution in [0, 0.1) is 5.82 Å². The number of pyridine rings is 3. The Morgan fingerprint density at radius 1 is 0.971 bits per heavy atom. The molecule has 0 amide bonds. The second-order valence-electron chi connectivity index (χ2n) is 7.74. The summed E-state index contributed by atoms with van der Waals surface area (Å²) in [6.07, 6.45) is 4.85. The van der Waals surface area contributed by atoms with Crippen molar-refractivity contribution in [3.05, 3.63) is 112 Å². The first-order valence-electron chi connectivity index (χ1n) is 10.5. The van der Waals surface area contributed by atoms with Gasteiger partial charge < -0.3 is 15.6 Å². The molecule has 5 aromatic rings. The fourth-order valence-corrected chi connectivity index (χ4v) is 4.05. The van der Waals surface area contributed by atoms with Gasteiger partial charge in [0.15, 0.2) is 0 Å². The minimum Gasteiger partial charge on any atom is -0.382 e. The van der Waals surface area contributed by atoms with E-state index in [0.29, 0.717) is 34.6 Å². The largest absolute Gasteiger partial charge is 0.382 e. The number of aromatic nitrogens is 3. The van der Waals surface area contributed by atoms with E-state index in [1.807, 2.05) is 36.4 Å². The summed E-state index contributed by atoms with van der Waals surface area (Å²) in [5, 5.41) is 4.45. The summed E-state index contributed by atoms with van der Waals surface area (Å²) in [5.74, 6) is -0.0185. The zero-order valence-corrected chi connectivity index (χ0v) is 18.6. The minimum absolute atomic E-state index is 0.132. The van der Waals surface area contributed by atoms with Gasteiger partial charge in [0, 0.05) is 35.4 Å². The van der Waals surface area contributed by atoms with E-state index in [0.717, 1.165) is 10.9 Å². The molecule has 5 rings (SSSR count). The number of benzene rings is 2. The van der Waals surface area contributed by atoms with Gasteiger partial charge in [-0.25, -0.2) is 14.4 Å². The van der Waals surface area contributed by atoms with Crippen molar-refractivity contribution in [2.45, 2.75) is 6.54 Å². The molecule has 0 bridgehead atoms. The van der Waals surface area contributed by atoms with Crippen LogP contribution in [-0.4, -0.2) is 14.5 Å². The van der Waals surface area contributed by atoms with Crippen LogP contribution < -0.4 is 16.6 Å². The van der Waals surface area contributed by atoms with Crippen LogP contribution in [0.5, 0.6) is 0 Å². The molecular formula is C26H19ClFN5O. The highest BCUT2D eigenvalue weighted by Crippen LogP contribution is 2.34. The van der Waals surface area contributed by atoms with Crippen LogP contribution in [-0.2, 0) is 6.54 Å². The Hall–Kier alpha value is -4.23. The van der Waals surface area contributed by atoms with Crippen LogP contribution in [0.2, 0.25) is 5.02 Å². The van der Waals surface area contributed by atoms with Gasteiger partial charge in [-0.05, 0) is 47.3 Å². The molecule has 0 radical (unpaired) electrons. The maximum atomic E-state index is 15.0. The lowest BCUT2D eigenvalue weighted by Crippen LogP contribution is -2.21. The Balaban J connectivity index is 1.51. The average Bonchev–Trinajstić information content (AvgIpc) is 2.84. The number of rotatable bonds is 5. The number of anilines is 3. The molecule has 0 aliphatic heterocycles. The van der Waals surface area contributed by atoms with Gasteiger partial charge in [0.25, 0.3) is 5.56 Å². The van der Waals surface area contributed by atoms with Crippen molar-refractivity contribution in [3.63, 3.8) is 0 Å². The number of hydrogen-bond acceptors (Lipinski definition) is 5. The molecule has 0 aliphatic rings. The van der Waals surface area contributed by atoms with Gasteiger partial charge in [-0.3, -0.25) is 4.79 Å². The van der Waals surface area contributed by atoms with Crippen molar-refractivity contribution in [2.75, 3.05) is 11.1 Å². The Kier molecular flexibility index (Phi) is 5.69. The molecule has 3 N–H and O–H groups in total. The van der Waals surface area contributed by atoms with Crippen molar-refractivity contribution in [1.29, 1.82) is 0 Å². The van der Waals surface area contributed by atoms with E-state index >= 15 is 4.39 Å². The molecule has 3 aromatic heterocycles. The first kappa shape index (κ1) is 21.6. The van der Waals surface area contributed by atoms with E-state index in [1.54, 1.807) is 41.2 Å². The second-order valence-corrected chi connectivity index (χ2v) is 8.11. The molecule has 6 nitrogen and oxygen atoms in total. The lowest BCUT2D eigenvalue weighted by molar-refractivity contribution is 0.632. The van der Waals surface area contributed by atoms with Crippen molar-refractivity contribution in [3.8, 4) is 11.1 Å². The Bertz CT molecular complexity index is 1570. The maximum Gasteiger partial charge on any atom is 0.262 e. The molecule has 34 heavy (non-hydrogen) atoms. The van der Waals surface area contributed by atoms with E-state index in [9.17, 15) is 4.79 Å². The van der Waals surface area contributed by atoms with E-state index < -0.39 is 5.82 Å². The molecule has 0 unspecified atom stereocenters. The minimum atomic E-state index is -0.501. The highest BCUT2D eigenvalue weighted by Gasteiger charge is 2.14. The van der Waals surface area contributed by atoms with Gasteiger partial charge in [-0.1, -0.05) is 41.9 Å². The predicted octanol–water partition coefficient (Wildman–Crippen LogP) is 5.63. The van der Waals surface area contributed by atoms with Crippen LogP contribution in [0.3, 0.4) is 0 Å². The standard InChI is InChI=1S/C26H19ClFN5O/c27-23-20(9-12-30-24(23)29)19-7-6-18(14-21(19)28)32-25-22-17(8-11-31-25)10-13-33(26(22)34)15-16-4-2-1-3-5-16/h1-14H,15H2,(H2,29,30)(H,31,32). The number of nitrogens with zero attached hydrogens (tertiary/aromatic N) is 3. The Labute approximate surface area is 199 Å². The summed E-state index contributed by atoms with van der Waals surface area (Å²) in [6.45, 7) is 0.434. The van der Waals surface area contributed by atoms with Crippen LogP contribution in [0.4, 0.5) is 21.7 Å². The molecule has 0 saturated heterocycles. The topological polar surface area (TPSA) is 85.8 Å². The summed E-state index contributed by atoms with van der Waals surface area (Å²) in [6, 6.07) is 19.6. The van der Waals surface area contributed by atoms with Crippen LogP contribution in [0.15, 0.2) is 90.1 Å². The van der Waals surface area contributed by atoms with Gasteiger partial charge in [-0.15, -0.1) is 0 Å². The first-order valence-corrected chi connectivity index (χ1v) is 10.9. The Morgan fingerprint density at radius 3 is 2.56 bits per heavy atom. The fourth-order valence-electron chi connectivity index (χ4n) is 3.84. The monoisotopic (exact) mass is 471 g/mol. The third-order valence-corrected chi connectivity index (χ3v) is 5.92. The molecule has 168 valence electrons. The van der Waals surface area contributed by atoms with Crippen molar-refractivity contribution < 1.29 is 4.39 Å². The molecular weight excluding hydrogens is 453 g/mol. The molecule has 0 atom stereocenters. The van der Waals surface area contributed by atoms with Crippen molar-refractivity contribution in [1.82, 2.24) is 14.5 Å². The first-order chi connectivity index (χ1) is 16.5. The smallest absolute Gasteiger partial charge is 0.262 e. The zero-order chi connectivity index (χ0) is 23.7. The molecule has 0 spiro atoms. The van der Waals surface area contributed by atoms with Crippen LogP contribution in [0.25, 0.3) is 21.9 Å². The summed E-state index contributed by atoms with van der Waals surface area (Å²) in [7, 11) is 0. The maximum absolute atomic E-state index is 15.0. The Morgan fingerprint density at radius 2 is 1.76 bits per heavy atom. The number of fused-ring (bicyclic) bond motifs is 1. The molecule has 0 fully saturated rings. The lowest BCUT2D eigenvalue weighted by Gasteiger charge is -2.13. The highest BCUT2D eigenvalue weighted by atomic mass is 35.5. The van der Waals surface area contributed by atoms with Gasteiger partial charge in [0.2, 0.25) is 0 Å². The van der Waals surface area contributed by atoms with Crippen LogP contribution in [0.1, 0.15) is 5.56 Å². The summed E-state index contributed by atoms with van der Waals surface area (Å²) >= 11 is 6.21. The third kappa shape index (κ3) is 4.09. The predicted molar refractivity (Wildman–Crippen MR) is 134 cm³/mol. The SMILES string of the molecule is Nc1nccc(-c2ccc(Nc3nccc4ccn(Cc5ccccc5)c(=O)c34)cc2F)c1Cl. The summed E-state index contributed by atoms with van der Waals surface area (Å²) in [4.78, 5) is 21.6. The number of nitrogen functional groups attached to an aromatic ring is 1. The van der Waals surface area contributed by atoms with E-state index in [2.05, 4.69) is 15.3 Å². The molecule has 2 aromatic carbocycles. The van der Waals surface area contributed by atoms with Crippen LogP contribution >= 0.6 is 11.6 Å². The van der Waals surface area contributed by atoms with Crippen molar-refractivity contribution in [2.24, 2.45) is 0 Å². The molecule has 0 aliphatic carbocycles. The molecule has 0 saturated carbocycles. The summed E-state index contributed by atoms with van der Waals surface area (Å²) < 4.78 is 16.6. The number of nitrogens with two attached hydrogens (primary N) is 1. The van der Waals surface area contributed by atoms with Gasteiger partial charge >= 0.3 is 0 Å². The molecule has 3 heterocycles. The number of nitrogens with one attached hydrogen (secondary N) is 1. The lowest BCUT2D eigenvalue weighted by atomic mass is 10.1. The number of hydrogen-bond donors (Lipinski definition) is 2. The zero-order valence-electron chi connectivity index (χ0n) is 17.9. The number of halogens is 2. The van der Waals surface area contributed by atoms with Gasteiger partial charge in [0.05, 0.1) is 17.0 Å². The average molecular weight is 472 g/mol. The van der Waals surface area contributed by atoms with E-state index in [4.69, 9.17) is 17.3 Å². The fraction of sp³-hybridized carbons (Fsp3) is 0.0385. The van der Waals surface area contributed by atoms with E-state index in [-0.39, 0.29) is 16.4 Å². The third-order valence-electron chi connectivity index (χ3n) is 5.53. The van der Waals surface area contributed by atoms with Crippen molar-refractivity contribution >= 4 is 39.7 Å². The normalized spacial score (nSPS) is 11.0. The highest BCUT2D eigenvalue weighted by molar-refractivity contribution is 6.35. The molecule has 8 heteroatoms. The quantitative estimate of drug-likeness (QED) is 0.347.